The molecule has 31 heavy (non-hydrogen) atoms. The minimum atomic E-state index is -3.59. The van der Waals surface area contributed by atoms with Crippen molar-refractivity contribution in [2.45, 2.75) is 50.0 Å². The fraction of sp³-hybridized carbons (Fsp3) is 0.500. The molecule has 0 bridgehead atoms. The fourth-order valence-electron chi connectivity index (χ4n) is 4.66. The molecule has 2 aromatic rings. The SMILES string of the molecule is CC(=O)N1c2ccc(S(=O)(=O)N3CCN(c4ccc(C5CC5)nn4)CC3)cc2CC1C. The number of rotatable bonds is 4. The largest absolute Gasteiger partial charge is 0.352 e. The average Bonchev–Trinajstić information content (AvgIpc) is 3.55. The Morgan fingerprint density at radius 1 is 1.03 bits per heavy atom. The summed E-state index contributed by atoms with van der Waals surface area (Å²) in [4.78, 5) is 16.1. The molecule has 164 valence electrons. The molecule has 3 aliphatic rings. The summed E-state index contributed by atoms with van der Waals surface area (Å²) < 4.78 is 28.0. The van der Waals surface area contributed by atoms with Gasteiger partial charge in [-0.05, 0) is 62.1 Å². The van der Waals surface area contributed by atoms with Crippen LogP contribution in [0.5, 0.6) is 0 Å². The third kappa shape index (κ3) is 3.70. The molecule has 1 aromatic heterocycles. The number of anilines is 2. The summed E-state index contributed by atoms with van der Waals surface area (Å²) in [6, 6.07) is 9.20. The van der Waals surface area contributed by atoms with Crippen LogP contribution in [0.25, 0.3) is 0 Å². The van der Waals surface area contributed by atoms with Crippen molar-refractivity contribution in [1.82, 2.24) is 14.5 Å². The Labute approximate surface area is 182 Å². The Bertz CT molecular complexity index is 1110. The van der Waals surface area contributed by atoms with Gasteiger partial charge in [-0.25, -0.2) is 8.42 Å². The minimum Gasteiger partial charge on any atom is -0.352 e. The third-order valence-corrected chi connectivity index (χ3v) is 8.37. The van der Waals surface area contributed by atoms with Gasteiger partial charge in [-0.15, -0.1) is 5.10 Å². The van der Waals surface area contributed by atoms with E-state index in [1.54, 1.807) is 34.3 Å². The van der Waals surface area contributed by atoms with Gasteiger partial charge >= 0.3 is 0 Å². The van der Waals surface area contributed by atoms with Crippen molar-refractivity contribution in [2.75, 3.05) is 36.0 Å². The van der Waals surface area contributed by atoms with E-state index in [1.807, 2.05) is 19.1 Å². The third-order valence-electron chi connectivity index (χ3n) is 6.47. The Kier molecular flexibility index (Phi) is 4.97. The van der Waals surface area contributed by atoms with Crippen LogP contribution in [0.15, 0.2) is 35.2 Å². The van der Waals surface area contributed by atoms with Crippen LogP contribution in [0.3, 0.4) is 0 Å². The van der Waals surface area contributed by atoms with Gasteiger partial charge in [-0.3, -0.25) is 4.79 Å². The van der Waals surface area contributed by atoms with E-state index in [0.29, 0.717) is 43.4 Å². The van der Waals surface area contributed by atoms with Gasteiger partial charge in [0.05, 0.1) is 10.6 Å². The lowest BCUT2D eigenvalue weighted by Gasteiger charge is -2.34. The van der Waals surface area contributed by atoms with Crippen molar-refractivity contribution in [1.29, 1.82) is 0 Å². The molecule has 2 aliphatic heterocycles. The van der Waals surface area contributed by atoms with Gasteiger partial charge in [-0.1, -0.05) is 0 Å². The Balaban J connectivity index is 1.29. The van der Waals surface area contributed by atoms with Crippen molar-refractivity contribution in [3.05, 3.63) is 41.6 Å². The smallest absolute Gasteiger partial charge is 0.243 e. The molecule has 3 heterocycles. The molecule has 9 heteroatoms. The topological polar surface area (TPSA) is 86.7 Å². The molecule has 1 unspecified atom stereocenters. The van der Waals surface area contributed by atoms with Crippen LogP contribution >= 0.6 is 0 Å². The van der Waals surface area contributed by atoms with Crippen molar-refractivity contribution in [3.8, 4) is 0 Å². The zero-order valence-corrected chi connectivity index (χ0v) is 18.7. The monoisotopic (exact) mass is 441 g/mol. The highest BCUT2D eigenvalue weighted by atomic mass is 32.2. The summed E-state index contributed by atoms with van der Waals surface area (Å²) in [5, 5.41) is 8.69. The summed E-state index contributed by atoms with van der Waals surface area (Å²) >= 11 is 0. The quantitative estimate of drug-likeness (QED) is 0.723. The molecule has 1 atom stereocenters. The molecule has 2 fully saturated rings. The van der Waals surface area contributed by atoms with Gasteiger partial charge < -0.3 is 9.80 Å². The van der Waals surface area contributed by atoms with Crippen LogP contribution in [0, 0.1) is 0 Å². The summed E-state index contributed by atoms with van der Waals surface area (Å²) in [5.41, 5.74) is 2.78. The summed E-state index contributed by atoms with van der Waals surface area (Å²) in [7, 11) is -3.59. The van der Waals surface area contributed by atoms with Gasteiger partial charge in [0.15, 0.2) is 5.82 Å². The van der Waals surface area contributed by atoms with E-state index >= 15 is 0 Å². The summed E-state index contributed by atoms with van der Waals surface area (Å²) in [6.45, 7) is 5.49. The normalized spacial score (nSPS) is 21.9. The maximum Gasteiger partial charge on any atom is 0.243 e. The van der Waals surface area contributed by atoms with E-state index in [9.17, 15) is 13.2 Å². The number of nitrogens with zero attached hydrogens (tertiary/aromatic N) is 5. The van der Waals surface area contributed by atoms with E-state index in [4.69, 9.17) is 0 Å². The number of carbonyl (C=O) groups is 1. The highest BCUT2D eigenvalue weighted by Gasteiger charge is 2.33. The standard InChI is InChI=1S/C22H27N5O3S/c1-15-13-18-14-19(5-7-21(18)27(15)16(2)28)31(29,30)26-11-9-25(10-12-26)22-8-6-20(23-24-22)17-3-4-17/h5-8,14-15,17H,3-4,9-13H2,1-2H3. The van der Waals surface area contributed by atoms with Gasteiger partial charge in [0.25, 0.3) is 0 Å². The molecule has 0 spiro atoms. The Hall–Kier alpha value is -2.52. The molecule has 1 amide bonds. The van der Waals surface area contributed by atoms with E-state index in [-0.39, 0.29) is 11.9 Å². The number of aromatic nitrogens is 2. The highest BCUT2D eigenvalue weighted by Crippen LogP contribution is 2.39. The van der Waals surface area contributed by atoms with Gasteiger partial charge in [0.1, 0.15) is 0 Å². The highest BCUT2D eigenvalue weighted by molar-refractivity contribution is 7.89. The summed E-state index contributed by atoms with van der Waals surface area (Å²) in [5.74, 6) is 1.35. The molecule has 1 aromatic carbocycles. The van der Waals surface area contributed by atoms with Crippen LogP contribution in [0.1, 0.15) is 43.9 Å². The van der Waals surface area contributed by atoms with Crippen molar-refractivity contribution >= 4 is 27.4 Å². The molecule has 5 rings (SSSR count). The lowest BCUT2D eigenvalue weighted by molar-refractivity contribution is -0.116. The Morgan fingerprint density at radius 3 is 2.39 bits per heavy atom. The zero-order chi connectivity index (χ0) is 21.8. The number of amides is 1. The number of carbonyl (C=O) groups excluding carboxylic acids is 1. The number of fused-ring (bicyclic) bond motifs is 1. The molecule has 8 nitrogen and oxygen atoms in total. The van der Waals surface area contributed by atoms with Crippen molar-refractivity contribution in [3.63, 3.8) is 0 Å². The van der Waals surface area contributed by atoms with E-state index in [1.165, 1.54) is 12.8 Å². The maximum atomic E-state index is 13.3. The predicted octanol–water partition coefficient (Wildman–Crippen LogP) is 2.16. The number of hydrogen-bond acceptors (Lipinski definition) is 6. The molecule has 1 saturated carbocycles. The molecule has 1 aliphatic carbocycles. The fourth-order valence-corrected chi connectivity index (χ4v) is 6.13. The van der Waals surface area contributed by atoms with Gasteiger partial charge in [0, 0.05) is 50.7 Å². The molecule has 0 radical (unpaired) electrons. The van der Waals surface area contributed by atoms with E-state index in [2.05, 4.69) is 15.1 Å². The predicted molar refractivity (Wildman–Crippen MR) is 118 cm³/mol. The lowest BCUT2D eigenvalue weighted by Crippen LogP contribution is -2.49. The minimum absolute atomic E-state index is 0.0220. The number of benzene rings is 1. The first-order valence-corrected chi connectivity index (χ1v) is 12.3. The first kappa shape index (κ1) is 20.4. The van der Waals surface area contributed by atoms with Crippen LogP contribution in [0.4, 0.5) is 11.5 Å². The van der Waals surface area contributed by atoms with Crippen LogP contribution in [-0.2, 0) is 21.2 Å². The second-order valence-corrected chi connectivity index (χ2v) is 10.7. The Morgan fingerprint density at radius 2 is 1.77 bits per heavy atom. The maximum absolute atomic E-state index is 13.3. The van der Waals surface area contributed by atoms with E-state index < -0.39 is 10.0 Å². The van der Waals surface area contributed by atoms with Crippen LogP contribution in [-0.4, -0.2) is 61.0 Å². The van der Waals surface area contributed by atoms with Crippen LogP contribution < -0.4 is 9.80 Å². The second kappa shape index (κ2) is 7.56. The number of hydrogen-bond donors (Lipinski definition) is 0. The van der Waals surface area contributed by atoms with Gasteiger partial charge in [0.2, 0.25) is 15.9 Å². The lowest BCUT2D eigenvalue weighted by atomic mass is 10.1. The second-order valence-electron chi connectivity index (χ2n) is 8.71. The first-order valence-electron chi connectivity index (χ1n) is 10.9. The van der Waals surface area contributed by atoms with E-state index in [0.717, 1.165) is 22.8 Å². The number of sulfonamides is 1. The zero-order valence-electron chi connectivity index (χ0n) is 17.9. The van der Waals surface area contributed by atoms with Gasteiger partial charge in [-0.2, -0.15) is 9.40 Å². The molecular weight excluding hydrogens is 414 g/mol. The van der Waals surface area contributed by atoms with Crippen molar-refractivity contribution in [2.24, 2.45) is 0 Å². The summed E-state index contributed by atoms with van der Waals surface area (Å²) in [6.07, 6.45) is 3.06. The average molecular weight is 442 g/mol. The van der Waals surface area contributed by atoms with Crippen LogP contribution in [0.2, 0.25) is 0 Å². The van der Waals surface area contributed by atoms with Crippen molar-refractivity contribution < 1.29 is 13.2 Å². The molecule has 0 N–H and O–H groups in total. The first-order chi connectivity index (χ1) is 14.8. The molecular formula is C22H27N5O3S. The number of piperazine rings is 1. The molecule has 1 saturated heterocycles.